The van der Waals surface area contributed by atoms with Crippen LogP contribution in [0.2, 0.25) is 10.0 Å². The lowest BCUT2D eigenvalue weighted by Crippen LogP contribution is -2.42. The molecule has 3 aromatic carbocycles. The first-order chi connectivity index (χ1) is 25.4. The molecule has 1 amide bonds. The Hall–Kier alpha value is -5.26. The minimum absolute atomic E-state index is 0.0867. The number of ether oxygens (including phenoxy) is 1. The SMILES string of the molecule is Cc1cc(OCCCc2c3n(c4c(-c5c(C)nn(C)c5C)c(Cl)ccc24)C(C)CN(c2ccnc4ccc(-c5nnn(C)n5)cc24)C3=O)cc(C)c1Cl. The molecule has 0 saturated carbocycles. The van der Waals surface area contributed by atoms with Crippen molar-refractivity contribution >= 4 is 56.6 Å². The first-order valence-corrected chi connectivity index (χ1v) is 18.4. The molecule has 7 aromatic rings. The highest BCUT2D eigenvalue weighted by Gasteiger charge is 2.37. The van der Waals surface area contributed by atoms with Gasteiger partial charge in [-0.1, -0.05) is 29.3 Å². The van der Waals surface area contributed by atoms with Crippen molar-refractivity contribution in [2.24, 2.45) is 14.1 Å². The van der Waals surface area contributed by atoms with Gasteiger partial charge in [-0.25, -0.2) is 0 Å². The van der Waals surface area contributed by atoms with Crippen molar-refractivity contribution in [1.82, 2.24) is 39.5 Å². The van der Waals surface area contributed by atoms with E-state index in [-0.39, 0.29) is 11.9 Å². The maximum atomic E-state index is 15.1. The van der Waals surface area contributed by atoms with Gasteiger partial charge in [-0.15, -0.1) is 10.2 Å². The number of nitrogens with zero attached hydrogens (tertiary/aromatic N) is 9. The smallest absolute Gasteiger partial charge is 0.275 e. The zero-order valence-electron chi connectivity index (χ0n) is 30.7. The third-order valence-electron chi connectivity index (χ3n) is 10.3. The first kappa shape index (κ1) is 34.8. The van der Waals surface area contributed by atoms with Gasteiger partial charge in [0.1, 0.15) is 11.4 Å². The lowest BCUT2D eigenvalue weighted by molar-refractivity contribution is 0.0957. The molecule has 4 aromatic heterocycles. The number of anilines is 1. The summed E-state index contributed by atoms with van der Waals surface area (Å²) in [5.41, 5.74) is 10.6. The van der Waals surface area contributed by atoms with Crippen LogP contribution in [0.1, 0.15) is 58.0 Å². The molecule has 270 valence electrons. The maximum absolute atomic E-state index is 15.1. The molecule has 1 atom stereocenters. The Morgan fingerprint density at radius 3 is 2.40 bits per heavy atom. The van der Waals surface area contributed by atoms with Crippen molar-refractivity contribution < 1.29 is 9.53 Å². The standard InChI is InChI=1S/C40H39Cl2N9O2/c1-21-17-27(18-22(2)36(21)42)53-16-8-9-28-29-11-12-31(41)35(34-24(4)45-48(6)25(34)5)37(29)51-23(3)20-50(40(52)38(28)51)33-14-15-43-32-13-10-26(19-30(32)33)39-44-47-49(7)46-39/h10-15,17-19,23H,8-9,16,20H2,1-7H3. The van der Waals surface area contributed by atoms with Crippen LogP contribution in [-0.2, 0) is 20.5 Å². The second kappa shape index (κ2) is 13.3. The molecular formula is C40H39Cl2N9O2. The summed E-state index contributed by atoms with van der Waals surface area (Å²) in [7, 11) is 3.67. The van der Waals surface area contributed by atoms with Crippen LogP contribution in [0.15, 0.2) is 54.7 Å². The lowest BCUT2D eigenvalue weighted by Gasteiger charge is -2.35. The number of carbonyl (C=O) groups is 1. The number of benzene rings is 3. The summed E-state index contributed by atoms with van der Waals surface area (Å²) < 4.78 is 10.3. The zero-order valence-corrected chi connectivity index (χ0v) is 32.2. The van der Waals surface area contributed by atoms with Crippen LogP contribution in [0.5, 0.6) is 5.75 Å². The summed E-state index contributed by atoms with van der Waals surface area (Å²) in [6.45, 7) is 11.1. The molecule has 1 aliphatic heterocycles. The maximum Gasteiger partial charge on any atom is 0.275 e. The van der Waals surface area contributed by atoms with E-state index in [4.69, 9.17) is 33.0 Å². The van der Waals surface area contributed by atoms with Gasteiger partial charge in [-0.2, -0.15) is 9.90 Å². The summed E-state index contributed by atoms with van der Waals surface area (Å²) in [4.78, 5) is 23.1. The van der Waals surface area contributed by atoms with E-state index in [1.807, 2.05) is 79.9 Å². The highest BCUT2D eigenvalue weighted by molar-refractivity contribution is 6.35. The van der Waals surface area contributed by atoms with E-state index in [9.17, 15) is 0 Å². The summed E-state index contributed by atoms with van der Waals surface area (Å²) >= 11 is 13.5. The minimum atomic E-state index is -0.0993. The van der Waals surface area contributed by atoms with Gasteiger partial charge in [0.25, 0.3) is 5.91 Å². The van der Waals surface area contributed by atoms with Gasteiger partial charge in [0.15, 0.2) is 0 Å². The number of tetrazole rings is 1. The van der Waals surface area contributed by atoms with Crippen molar-refractivity contribution in [3.63, 3.8) is 0 Å². The van der Waals surface area contributed by atoms with Gasteiger partial charge < -0.3 is 14.2 Å². The van der Waals surface area contributed by atoms with E-state index in [1.54, 1.807) is 13.2 Å². The Balaban J connectivity index is 1.26. The number of carbonyl (C=O) groups excluding carboxylic acids is 1. The Labute approximate surface area is 317 Å². The van der Waals surface area contributed by atoms with Gasteiger partial charge in [0, 0.05) is 64.0 Å². The minimum Gasteiger partial charge on any atom is -0.494 e. The Bertz CT molecular complexity index is 2580. The van der Waals surface area contributed by atoms with Crippen LogP contribution in [0.4, 0.5) is 5.69 Å². The van der Waals surface area contributed by atoms with E-state index in [0.29, 0.717) is 42.5 Å². The summed E-state index contributed by atoms with van der Waals surface area (Å²) in [6.07, 6.45) is 3.05. The number of rotatable bonds is 8. The molecule has 0 aliphatic carbocycles. The third kappa shape index (κ3) is 5.82. The number of amides is 1. The molecule has 11 nitrogen and oxygen atoms in total. The van der Waals surface area contributed by atoms with Crippen molar-refractivity contribution in [1.29, 1.82) is 0 Å². The number of hydrogen-bond donors (Lipinski definition) is 0. The van der Waals surface area contributed by atoms with Gasteiger partial charge in [0.2, 0.25) is 5.82 Å². The van der Waals surface area contributed by atoms with Gasteiger partial charge in [-0.05, 0) is 112 Å². The predicted molar refractivity (Wildman–Crippen MR) is 209 cm³/mol. The number of halogens is 2. The fourth-order valence-electron chi connectivity index (χ4n) is 7.84. The van der Waals surface area contributed by atoms with Gasteiger partial charge in [0.05, 0.1) is 41.1 Å². The van der Waals surface area contributed by atoms with E-state index < -0.39 is 0 Å². The molecule has 53 heavy (non-hydrogen) atoms. The second-order valence-electron chi connectivity index (χ2n) is 13.9. The molecule has 8 rings (SSSR count). The van der Waals surface area contributed by atoms with Crippen molar-refractivity contribution in [3.8, 4) is 28.3 Å². The molecule has 5 heterocycles. The van der Waals surface area contributed by atoms with Gasteiger partial charge in [-0.3, -0.25) is 14.5 Å². The fourth-order valence-corrected chi connectivity index (χ4v) is 8.20. The highest BCUT2D eigenvalue weighted by atomic mass is 35.5. The van der Waals surface area contributed by atoms with Crippen molar-refractivity contribution in [2.75, 3.05) is 18.1 Å². The molecular weight excluding hydrogens is 709 g/mol. The van der Waals surface area contributed by atoms with Crippen molar-refractivity contribution in [2.45, 2.75) is 53.5 Å². The van der Waals surface area contributed by atoms with Crippen LogP contribution in [0.25, 0.3) is 44.3 Å². The van der Waals surface area contributed by atoms with Crippen LogP contribution < -0.4 is 9.64 Å². The van der Waals surface area contributed by atoms with Gasteiger partial charge >= 0.3 is 0 Å². The fraction of sp³-hybridized carbons (Fsp3) is 0.300. The van der Waals surface area contributed by atoms with Crippen LogP contribution in [-0.4, -0.2) is 58.6 Å². The number of fused-ring (bicyclic) bond motifs is 4. The Kier molecular flexibility index (Phi) is 8.74. The Morgan fingerprint density at radius 2 is 1.70 bits per heavy atom. The lowest BCUT2D eigenvalue weighted by atomic mass is 9.98. The van der Waals surface area contributed by atoms with Crippen LogP contribution in [0, 0.1) is 27.7 Å². The largest absolute Gasteiger partial charge is 0.494 e. The molecule has 1 unspecified atom stereocenters. The first-order valence-electron chi connectivity index (χ1n) is 17.6. The van der Waals surface area contributed by atoms with Crippen molar-refractivity contribution in [3.05, 3.63) is 98.5 Å². The summed E-state index contributed by atoms with van der Waals surface area (Å²) in [5, 5.41) is 20.6. The summed E-state index contributed by atoms with van der Waals surface area (Å²) in [5.74, 6) is 1.19. The average Bonchev–Trinajstić information content (AvgIpc) is 3.79. The molecule has 0 saturated heterocycles. The third-order valence-corrected chi connectivity index (χ3v) is 11.3. The average molecular weight is 749 g/mol. The number of aromatic nitrogens is 8. The zero-order chi connectivity index (χ0) is 37.3. The predicted octanol–water partition coefficient (Wildman–Crippen LogP) is 8.55. The highest BCUT2D eigenvalue weighted by Crippen LogP contribution is 2.45. The Morgan fingerprint density at radius 1 is 0.925 bits per heavy atom. The van der Waals surface area contributed by atoms with E-state index in [1.165, 1.54) is 4.80 Å². The topological polar surface area (TPSA) is 109 Å². The number of hydrogen-bond acceptors (Lipinski definition) is 7. The monoisotopic (exact) mass is 747 g/mol. The molecule has 1 aliphatic rings. The van der Waals surface area contributed by atoms with E-state index >= 15 is 4.79 Å². The van der Waals surface area contributed by atoms with E-state index in [0.717, 1.165) is 83.0 Å². The second-order valence-corrected chi connectivity index (χ2v) is 14.7. The molecule has 0 radical (unpaired) electrons. The van der Waals surface area contributed by atoms with Crippen LogP contribution in [0.3, 0.4) is 0 Å². The molecule has 0 spiro atoms. The molecule has 0 N–H and O–H groups in total. The molecule has 13 heteroatoms. The quantitative estimate of drug-likeness (QED) is 0.143. The number of pyridine rings is 1. The van der Waals surface area contributed by atoms with Crippen LogP contribution >= 0.6 is 23.2 Å². The number of aryl methyl sites for hydroxylation is 6. The normalized spacial score (nSPS) is 14.5. The summed E-state index contributed by atoms with van der Waals surface area (Å²) in [6, 6.07) is 15.6. The molecule has 0 bridgehead atoms. The van der Waals surface area contributed by atoms with E-state index in [2.05, 4.69) is 44.9 Å². The molecule has 0 fully saturated rings.